The molecule has 1 aromatic rings. The lowest BCUT2D eigenvalue weighted by molar-refractivity contribution is 0.476. The Kier molecular flexibility index (Phi) is 2.82. The molecule has 1 N–H and O–H groups in total. The minimum atomic E-state index is 0.427. The Morgan fingerprint density at radius 2 is 2.50 bits per heavy atom. The molecule has 0 radical (unpaired) electrons. The molecule has 0 aliphatic carbocycles. The summed E-state index contributed by atoms with van der Waals surface area (Å²) in [6.07, 6.45) is 4.28. The Bertz CT molecular complexity index is 286. The van der Waals surface area contributed by atoms with E-state index in [0.717, 1.165) is 18.9 Å². The van der Waals surface area contributed by atoms with Gasteiger partial charge in [-0.05, 0) is 25.3 Å². The van der Waals surface area contributed by atoms with E-state index in [-0.39, 0.29) is 0 Å². The van der Waals surface area contributed by atoms with Gasteiger partial charge in [-0.25, -0.2) is 0 Å². The highest BCUT2D eigenvalue weighted by Gasteiger charge is 2.21. The molecule has 0 aromatic carbocycles. The quantitative estimate of drug-likeness (QED) is 0.790. The van der Waals surface area contributed by atoms with Gasteiger partial charge in [0.25, 0.3) is 0 Å². The second kappa shape index (κ2) is 4.09. The van der Waals surface area contributed by atoms with Crippen LogP contribution in [0.2, 0.25) is 0 Å². The molecule has 1 atom stereocenters. The third-order valence-corrected chi connectivity index (χ3v) is 2.58. The fourth-order valence-corrected chi connectivity index (χ4v) is 1.97. The number of aromatic nitrogens is 3. The van der Waals surface area contributed by atoms with Crippen molar-refractivity contribution in [2.75, 3.05) is 6.54 Å². The summed E-state index contributed by atoms with van der Waals surface area (Å²) in [5, 5.41) is 11.6. The minimum Gasteiger partial charge on any atom is -0.316 e. The maximum atomic E-state index is 4.20. The maximum absolute atomic E-state index is 4.20. The van der Waals surface area contributed by atoms with Crippen LogP contribution in [0.15, 0.2) is 6.33 Å². The van der Waals surface area contributed by atoms with Crippen molar-refractivity contribution >= 4 is 0 Å². The van der Waals surface area contributed by atoms with Gasteiger partial charge < -0.3 is 9.88 Å². The normalized spacial score (nSPS) is 22.1. The van der Waals surface area contributed by atoms with Crippen LogP contribution < -0.4 is 5.32 Å². The first-order valence-electron chi connectivity index (χ1n) is 5.38. The van der Waals surface area contributed by atoms with Gasteiger partial charge in [0.05, 0.1) is 6.04 Å². The Hall–Kier alpha value is -0.900. The van der Waals surface area contributed by atoms with E-state index in [4.69, 9.17) is 0 Å². The van der Waals surface area contributed by atoms with Gasteiger partial charge in [-0.3, -0.25) is 0 Å². The fourth-order valence-electron chi connectivity index (χ4n) is 1.97. The van der Waals surface area contributed by atoms with Gasteiger partial charge in [0, 0.05) is 6.54 Å². The molecule has 2 rings (SSSR count). The van der Waals surface area contributed by atoms with Crippen molar-refractivity contribution < 1.29 is 0 Å². The zero-order valence-corrected chi connectivity index (χ0v) is 8.90. The molecule has 0 saturated carbocycles. The third-order valence-electron chi connectivity index (χ3n) is 2.58. The zero-order valence-electron chi connectivity index (χ0n) is 8.90. The lowest BCUT2D eigenvalue weighted by Crippen LogP contribution is -2.19. The average Bonchev–Trinajstić information content (AvgIpc) is 2.70. The first kappa shape index (κ1) is 9.65. The standard InChI is InChI=1S/C10H18N4/c1-8(2)6-14-7-12-13-10(14)9-4-3-5-11-9/h7-9,11H,3-6H2,1-2H3/t9-/m1/s1. The minimum absolute atomic E-state index is 0.427. The number of nitrogens with one attached hydrogen (secondary N) is 1. The second-order valence-corrected chi connectivity index (χ2v) is 4.38. The van der Waals surface area contributed by atoms with Crippen LogP contribution in [-0.2, 0) is 6.54 Å². The molecule has 1 fully saturated rings. The number of rotatable bonds is 3. The number of nitrogens with zero attached hydrogens (tertiary/aromatic N) is 3. The van der Waals surface area contributed by atoms with Crippen LogP contribution in [0.5, 0.6) is 0 Å². The highest BCUT2D eigenvalue weighted by atomic mass is 15.3. The Morgan fingerprint density at radius 3 is 3.14 bits per heavy atom. The van der Waals surface area contributed by atoms with Gasteiger partial charge in [0.1, 0.15) is 12.2 Å². The van der Waals surface area contributed by atoms with Gasteiger partial charge in [-0.2, -0.15) is 0 Å². The highest BCUT2D eigenvalue weighted by Crippen LogP contribution is 2.21. The van der Waals surface area contributed by atoms with E-state index in [9.17, 15) is 0 Å². The molecule has 4 nitrogen and oxygen atoms in total. The van der Waals surface area contributed by atoms with E-state index >= 15 is 0 Å². The van der Waals surface area contributed by atoms with E-state index < -0.39 is 0 Å². The van der Waals surface area contributed by atoms with Crippen LogP contribution in [-0.4, -0.2) is 21.3 Å². The third kappa shape index (κ3) is 1.95. The molecule has 0 unspecified atom stereocenters. The molecule has 78 valence electrons. The molecule has 14 heavy (non-hydrogen) atoms. The van der Waals surface area contributed by atoms with Crippen molar-refractivity contribution in [2.45, 2.75) is 39.3 Å². The van der Waals surface area contributed by atoms with Crippen LogP contribution in [0, 0.1) is 5.92 Å². The molecular weight excluding hydrogens is 176 g/mol. The number of hydrogen-bond donors (Lipinski definition) is 1. The summed E-state index contributed by atoms with van der Waals surface area (Å²) in [6.45, 7) is 6.55. The van der Waals surface area contributed by atoms with Gasteiger partial charge in [0.2, 0.25) is 0 Å². The van der Waals surface area contributed by atoms with Crippen LogP contribution in [0.3, 0.4) is 0 Å². The van der Waals surface area contributed by atoms with E-state index in [2.05, 4.69) is 33.9 Å². The summed E-state index contributed by atoms with van der Waals surface area (Å²) in [4.78, 5) is 0. The topological polar surface area (TPSA) is 42.7 Å². The zero-order chi connectivity index (χ0) is 9.97. The van der Waals surface area contributed by atoms with E-state index in [1.165, 1.54) is 12.8 Å². The summed E-state index contributed by atoms with van der Waals surface area (Å²) >= 11 is 0. The molecule has 0 spiro atoms. The largest absolute Gasteiger partial charge is 0.316 e. The summed E-state index contributed by atoms with van der Waals surface area (Å²) in [7, 11) is 0. The van der Waals surface area contributed by atoms with Crippen LogP contribution in [0.1, 0.15) is 38.6 Å². The van der Waals surface area contributed by atoms with Gasteiger partial charge in [-0.15, -0.1) is 10.2 Å². The van der Waals surface area contributed by atoms with Crippen LogP contribution in [0.4, 0.5) is 0 Å². The Labute approximate surface area is 84.7 Å². The molecule has 0 bridgehead atoms. The predicted octanol–water partition coefficient (Wildman–Crippen LogP) is 1.36. The molecular formula is C10H18N4. The van der Waals surface area contributed by atoms with Crippen molar-refractivity contribution in [1.82, 2.24) is 20.1 Å². The maximum Gasteiger partial charge on any atom is 0.149 e. The number of hydrogen-bond acceptors (Lipinski definition) is 3. The van der Waals surface area contributed by atoms with E-state index in [1.54, 1.807) is 0 Å². The van der Waals surface area contributed by atoms with Crippen molar-refractivity contribution in [3.05, 3.63) is 12.2 Å². The first-order valence-corrected chi connectivity index (χ1v) is 5.38. The molecule has 1 aliphatic rings. The molecule has 1 aliphatic heterocycles. The molecule has 1 aromatic heterocycles. The molecule has 2 heterocycles. The van der Waals surface area contributed by atoms with Crippen molar-refractivity contribution in [1.29, 1.82) is 0 Å². The lowest BCUT2D eigenvalue weighted by Gasteiger charge is -2.13. The summed E-state index contributed by atoms with van der Waals surface area (Å²) in [6, 6.07) is 0.427. The highest BCUT2D eigenvalue weighted by molar-refractivity contribution is 4.97. The van der Waals surface area contributed by atoms with Gasteiger partial charge in [-0.1, -0.05) is 13.8 Å². The first-order chi connectivity index (χ1) is 6.77. The van der Waals surface area contributed by atoms with Crippen LogP contribution >= 0.6 is 0 Å². The second-order valence-electron chi connectivity index (χ2n) is 4.38. The fraction of sp³-hybridized carbons (Fsp3) is 0.800. The Morgan fingerprint density at radius 1 is 1.64 bits per heavy atom. The lowest BCUT2D eigenvalue weighted by atomic mass is 10.2. The van der Waals surface area contributed by atoms with Crippen molar-refractivity contribution in [2.24, 2.45) is 5.92 Å². The summed E-state index contributed by atoms with van der Waals surface area (Å²) in [5.41, 5.74) is 0. The predicted molar refractivity (Wildman–Crippen MR) is 54.8 cm³/mol. The molecule has 1 saturated heterocycles. The SMILES string of the molecule is CC(C)Cn1cnnc1[C@H]1CCCN1. The van der Waals surface area contributed by atoms with Gasteiger partial charge in [0.15, 0.2) is 0 Å². The van der Waals surface area contributed by atoms with E-state index in [0.29, 0.717) is 12.0 Å². The van der Waals surface area contributed by atoms with Crippen molar-refractivity contribution in [3.63, 3.8) is 0 Å². The monoisotopic (exact) mass is 194 g/mol. The smallest absolute Gasteiger partial charge is 0.149 e. The van der Waals surface area contributed by atoms with E-state index in [1.807, 2.05) is 6.33 Å². The van der Waals surface area contributed by atoms with Gasteiger partial charge >= 0.3 is 0 Å². The van der Waals surface area contributed by atoms with Crippen molar-refractivity contribution in [3.8, 4) is 0 Å². The van der Waals surface area contributed by atoms with Crippen LogP contribution in [0.25, 0.3) is 0 Å². The molecule has 0 amide bonds. The Balaban J connectivity index is 2.12. The molecule has 4 heteroatoms. The average molecular weight is 194 g/mol. The summed E-state index contributed by atoms with van der Waals surface area (Å²) in [5.74, 6) is 1.75. The summed E-state index contributed by atoms with van der Waals surface area (Å²) < 4.78 is 2.17.